The quantitative estimate of drug-likeness (QED) is 0.656. The summed E-state index contributed by atoms with van der Waals surface area (Å²) in [7, 11) is 0. The molecule has 0 spiro atoms. The largest absolute Gasteiger partial charge is 0.407 e. The molecule has 6 nitrogen and oxygen atoms in total. The van der Waals surface area contributed by atoms with Crippen molar-refractivity contribution in [1.82, 2.24) is 15.5 Å². The van der Waals surface area contributed by atoms with Crippen molar-refractivity contribution >= 4 is 6.01 Å². The van der Waals surface area contributed by atoms with Crippen LogP contribution in [-0.2, 0) is 6.54 Å². The van der Waals surface area contributed by atoms with E-state index in [0.29, 0.717) is 25.0 Å². The van der Waals surface area contributed by atoms with E-state index < -0.39 is 0 Å². The van der Waals surface area contributed by atoms with E-state index in [2.05, 4.69) is 22.4 Å². The molecule has 0 aliphatic carbocycles. The van der Waals surface area contributed by atoms with Crippen molar-refractivity contribution in [1.29, 1.82) is 0 Å². The Morgan fingerprint density at radius 3 is 2.76 bits per heavy atom. The molecular formula is C11H22N4O2. The van der Waals surface area contributed by atoms with Gasteiger partial charge in [-0.05, 0) is 26.8 Å². The molecule has 1 rings (SSSR count). The predicted octanol–water partition coefficient (Wildman–Crippen LogP) is 0.776. The number of aliphatic hydroxyl groups excluding tert-OH is 1. The topological polar surface area (TPSA) is 74.4 Å². The third-order valence-electron chi connectivity index (χ3n) is 2.37. The molecule has 2 N–H and O–H groups in total. The Morgan fingerprint density at radius 1 is 1.41 bits per heavy atom. The molecule has 0 saturated heterocycles. The Morgan fingerprint density at radius 2 is 2.18 bits per heavy atom. The SMILES string of the molecule is CCCNCc1nnc(N(CCO)C(C)C)o1. The molecule has 0 amide bonds. The normalized spacial score (nSPS) is 11.1. The molecule has 1 aromatic heterocycles. The van der Waals surface area contributed by atoms with Crippen LogP contribution < -0.4 is 10.2 Å². The zero-order valence-electron chi connectivity index (χ0n) is 10.8. The Labute approximate surface area is 102 Å². The van der Waals surface area contributed by atoms with Gasteiger partial charge in [0.15, 0.2) is 0 Å². The summed E-state index contributed by atoms with van der Waals surface area (Å²) in [5.41, 5.74) is 0. The van der Waals surface area contributed by atoms with Crippen LogP contribution >= 0.6 is 0 Å². The summed E-state index contributed by atoms with van der Waals surface area (Å²) in [5, 5.41) is 20.1. The standard InChI is InChI=1S/C11H22N4O2/c1-4-5-12-8-10-13-14-11(17-10)15(6-7-16)9(2)3/h9,12,16H,4-8H2,1-3H3. The smallest absolute Gasteiger partial charge is 0.318 e. The second-order valence-electron chi connectivity index (χ2n) is 4.17. The van der Waals surface area contributed by atoms with Crippen molar-refractivity contribution < 1.29 is 9.52 Å². The molecule has 0 saturated carbocycles. The number of rotatable bonds is 8. The van der Waals surface area contributed by atoms with E-state index >= 15 is 0 Å². The number of aliphatic hydroxyl groups is 1. The van der Waals surface area contributed by atoms with Crippen LogP contribution in [0.5, 0.6) is 0 Å². The lowest BCUT2D eigenvalue weighted by Crippen LogP contribution is -2.33. The highest BCUT2D eigenvalue weighted by atomic mass is 16.4. The van der Waals surface area contributed by atoms with Gasteiger partial charge in [-0.3, -0.25) is 0 Å². The van der Waals surface area contributed by atoms with Gasteiger partial charge in [-0.2, -0.15) is 0 Å². The Kier molecular flexibility index (Phi) is 5.93. The van der Waals surface area contributed by atoms with E-state index in [4.69, 9.17) is 9.52 Å². The lowest BCUT2D eigenvalue weighted by molar-refractivity contribution is 0.294. The zero-order chi connectivity index (χ0) is 12.7. The monoisotopic (exact) mass is 242 g/mol. The Balaban J connectivity index is 2.58. The van der Waals surface area contributed by atoms with Crippen molar-refractivity contribution in [3.8, 4) is 0 Å². The van der Waals surface area contributed by atoms with Crippen molar-refractivity contribution in [3.63, 3.8) is 0 Å². The van der Waals surface area contributed by atoms with E-state index in [0.717, 1.165) is 13.0 Å². The van der Waals surface area contributed by atoms with Gasteiger partial charge in [0, 0.05) is 12.6 Å². The molecular weight excluding hydrogens is 220 g/mol. The molecule has 1 aromatic rings. The van der Waals surface area contributed by atoms with Crippen LogP contribution in [0, 0.1) is 0 Å². The molecule has 0 radical (unpaired) electrons. The van der Waals surface area contributed by atoms with Crippen molar-refractivity contribution in [2.45, 2.75) is 39.8 Å². The maximum atomic E-state index is 8.98. The minimum Gasteiger partial charge on any atom is -0.407 e. The number of nitrogens with zero attached hydrogens (tertiary/aromatic N) is 3. The van der Waals surface area contributed by atoms with Crippen LogP contribution in [0.1, 0.15) is 33.1 Å². The van der Waals surface area contributed by atoms with Gasteiger partial charge >= 0.3 is 6.01 Å². The molecule has 0 fully saturated rings. The maximum Gasteiger partial charge on any atom is 0.318 e. The lowest BCUT2D eigenvalue weighted by Gasteiger charge is -2.22. The fourth-order valence-electron chi connectivity index (χ4n) is 1.49. The van der Waals surface area contributed by atoms with Crippen LogP contribution in [-0.4, -0.2) is 41.0 Å². The fourth-order valence-corrected chi connectivity index (χ4v) is 1.49. The van der Waals surface area contributed by atoms with Crippen molar-refractivity contribution in [2.75, 3.05) is 24.6 Å². The highest BCUT2D eigenvalue weighted by molar-refractivity contribution is 5.25. The lowest BCUT2D eigenvalue weighted by atomic mass is 10.3. The van der Waals surface area contributed by atoms with Crippen LogP contribution in [0.2, 0.25) is 0 Å². The second kappa shape index (κ2) is 7.24. The third-order valence-corrected chi connectivity index (χ3v) is 2.37. The van der Waals surface area contributed by atoms with Gasteiger partial charge in [0.2, 0.25) is 5.89 Å². The second-order valence-corrected chi connectivity index (χ2v) is 4.17. The van der Waals surface area contributed by atoms with E-state index in [9.17, 15) is 0 Å². The summed E-state index contributed by atoms with van der Waals surface area (Å²) in [6.45, 7) is 8.25. The summed E-state index contributed by atoms with van der Waals surface area (Å²) >= 11 is 0. The number of hydrogen-bond donors (Lipinski definition) is 2. The van der Waals surface area contributed by atoms with Gasteiger partial charge in [-0.25, -0.2) is 0 Å². The highest BCUT2D eigenvalue weighted by Gasteiger charge is 2.16. The number of nitrogens with one attached hydrogen (secondary N) is 1. The molecule has 0 aliphatic heterocycles. The molecule has 1 heterocycles. The summed E-state index contributed by atoms with van der Waals surface area (Å²) < 4.78 is 5.54. The van der Waals surface area contributed by atoms with Gasteiger partial charge in [0.1, 0.15) is 0 Å². The molecule has 6 heteroatoms. The average molecular weight is 242 g/mol. The third kappa shape index (κ3) is 4.32. The average Bonchev–Trinajstić information content (AvgIpc) is 2.74. The Bertz CT molecular complexity index is 314. The summed E-state index contributed by atoms with van der Waals surface area (Å²) in [4.78, 5) is 1.89. The van der Waals surface area contributed by atoms with Gasteiger partial charge in [-0.1, -0.05) is 12.0 Å². The number of hydrogen-bond acceptors (Lipinski definition) is 6. The molecule has 0 unspecified atom stereocenters. The van der Waals surface area contributed by atoms with E-state index in [1.165, 1.54) is 0 Å². The summed E-state index contributed by atoms with van der Waals surface area (Å²) in [6.07, 6.45) is 1.07. The van der Waals surface area contributed by atoms with Crippen LogP contribution in [0.25, 0.3) is 0 Å². The summed E-state index contributed by atoms with van der Waals surface area (Å²) in [6, 6.07) is 0.696. The first-order valence-electron chi connectivity index (χ1n) is 6.09. The van der Waals surface area contributed by atoms with E-state index in [-0.39, 0.29) is 12.6 Å². The van der Waals surface area contributed by atoms with E-state index in [1.807, 2.05) is 18.7 Å². The Hall–Kier alpha value is -1.14. The highest BCUT2D eigenvalue weighted by Crippen LogP contribution is 2.14. The van der Waals surface area contributed by atoms with Crippen LogP contribution in [0.3, 0.4) is 0 Å². The van der Waals surface area contributed by atoms with Crippen molar-refractivity contribution in [2.24, 2.45) is 0 Å². The fraction of sp³-hybridized carbons (Fsp3) is 0.818. The first kappa shape index (κ1) is 13.9. The van der Waals surface area contributed by atoms with Crippen LogP contribution in [0.4, 0.5) is 6.01 Å². The maximum absolute atomic E-state index is 8.98. The molecule has 98 valence electrons. The molecule has 0 aliphatic rings. The van der Waals surface area contributed by atoms with Crippen molar-refractivity contribution in [3.05, 3.63) is 5.89 Å². The number of aromatic nitrogens is 2. The molecule has 0 bridgehead atoms. The van der Waals surface area contributed by atoms with Gasteiger partial charge < -0.3 is 19.7 Å². The predicted molar refractivity (Wildman–Crippen MR) is 65.9 cm³/mol. The minimum absolute atomic E-state index is 0.0734. The summed E-state index contributed by atoms with van der Waals surface area (Å²) in [5.74, 6) is 0.581. The molecule has 17 heavy (non-hydrogen) atoms. The van der Waals surface area contributed by atoms with Gasteiger partial charge in [0.05, 0.1) is 13.2 Å². The number of anilines is 1. The first-order valence-corrected chi connectivity index (χ1v) is 6.09. The first-order chi connectivity index (χ1) is 8.19. The van der Waals surface area contributed by atoms with E-state index in [1.54, 1.807) is 0 Å². The zero-order valence-corrected chi connectivity index (χ0v) is 10.8. The molecule has 0 aromatic carbocycles. The van der Waals surface area contributed by atoms with Gasteiger partial charge in [-0.15, -0.1) is 5.10 Å². The minimum atomic E-state index is 0.0734. The molecule has 0 atom stereocenters. The van der Waals surface area contributed by atoms with Crippen LogP contribution in [0.15, 0.2) is 4.42 Å². The van der Waals surface area contributed by atoms with Gasteiger partial charge in [0.25, 0.3) is 0 Å².